The first-order valence-electron chi connectivity index (χ1n) is 6.24. The van der Waals surface area contributed by atoms with E-state index in [2.05, 4.69) is 10.1 Å². The Hall–Kier alpha value is -2.56. The van der Waals surface area contributed by atoms with Gasteiger partial charge in [-0.2, -0.15) is 0 Å². The second-order valence-electron chi connectivity index (χ2n) is 4.32. The highest BCUT2D eigenvalue weighted by atomic mass is 16.5. The lowest BCUT2D eigenvalue weighted by molar-refractivity contribution is -0.144. The van der Waals surface area contributed by atoms with Crippen molar-refractivity contribution >= 4 is 12.4 Å². The van der Waals surface area contributed by atoms with Crippen molar-refractivity contribution in [2.24, 2.45) is 0 Å². The lowest BCUT2D eigenvalue weighted by atomic mass is 10.1. The third kappa shape index (κ3) is 3.26. The van der Waals surface area contributed by atoms with Gasteiger partial charge in [0.2, 0.25) is 6.41 Å². The summed E-state index contributed by atoms with van der Waals surface area (Å²) >= 11 is 0. The molecule has 5 nitrogen and oxygen atoms in total. The summed E-state index contributed by atoms with van der Waals surface area (Å²) in [4.78, 5) is 22.0. The molecular formula is C15H16N2O3. The molecule has 104 valence electrons. The first-order chi connectivity index (χ1) is 9.74. The summed E-state index contributed by atoms with van der Waals surface area (Å²) in [6.45, 7) is 0. The van der Waals surface area contributed by atoms with Crippen LogP contribution in [-0.2, 0) is 20.7 Å². The maximum Gasteiger partial charge on any atom is 0.328 e. The van der Waals surface area contributed by atoms with Crippen LogP contribution in [0.4, 0.5) is 0 Å². The molecule has 0 saturated carbocycles. The Bertz CT molecular complexity index is 561. The minimum atomic E-state index is -0.657. The third-order valence-corrected chi connectivity index (χ3v) is 3.03. The lowest BCUT2D eigenvalue weighted by Crippen LogP contribution is -2.38. The number of benzene rings is 1. The zero-order valence-corrected chi connectivity index (χ0v) is 11.2. The van der Waals surface area contributed by atoms with E-state index >= 15 is 0 Å². The van der Waals surface area contributed by atoms with Gasteiger partial charge in [0, 0.05) is 24.5 Å². The monoisotopic (exact) mass is 272 g/mol. The number of nitrogens with one attached hydrogen (secondary N) is 1. The van der Waals surface area contributed by atoms with E-state index in [4.69, 9.17) is 0 Å². The number of ether oxygens (including phenoxy) is 1. The predicted octanol–water partition coefficient (Wildman–Crippen LogP) is 1.31. The van der Waals surface area contributed by atoms with Crippen LogP contribution in [0.2, 0.25) is 0 Å². The molecule has 0 bridgehead atoms. The minimum Gasteiger partial charge on any atom is -0.467 e. The van der Waals surface area contributed by atoms with E-state index in [0.29, 0.717) is 12.8 Å². The Morgan fingerprint density at radius 1 is 1.30 bits per heavy atom. The molecule has 0 aliphatic rings. The van der Waals surface area contributed by atoms with Crippen LogP contribution in [0.15, 0.2) is 48.8 Å². The number of hydrogen-bond donors (Lipinski definition) is 1. The molecule has 1 amide bonds. The molecule has 0 spiro atoms. The van der Waals surface area contributed by atoms with Crippen LogP contribution in [-0.4, -0.2) is 30.1 Å². The van der Waals surface area contributed by atoms with Gasteiger partial charge >= 0.3 is 5.97 Å². The lowest BCUT2D eigenvalue weighted by Gasteiger charge is -2.14. The molecule has 0 fully saturated rings. The number of hydrogen-bond acceptors (Lipinski definition) is 3. The molecule has 1 aromatic heterocycles. The molecule has 2 rings (SSSR count). The smallest absolute Gasteiger partial charge is 0.328 e. The fourth-order valence-electron chi connectivity index (χ4n) is 1.98. The standard InChI is InChI=1S/C15H16N2O3/c1-20-15(19)14(16-11-18)10-12-4-6-13(7-5-12)17-8-2-3-9-17/h2-9,11,14H,10H2,1H3,(H,16,18). The largest absolute Gasteiger partial charge is 0.467 e. The maximum atomic E-state index is 11.5. The van der Waals surface area contributed by atoms with E-state index < -0.39 is 12.0 Å². The summed E-state index contributed by atoms with van der Waals surface area (Å²) in [5.74, 6) is -0.452. The van der Waals surface area contributed by atoms with Crippen molar-refractivity contribution in [3.8, 4) is 5.69 Å². The van der Waals surface area contributed by atoms with E-state index in [1.165, 1.54) is 7.11 Å². The van der Waals surface area contributed by atoms with Gasteiger partial charge in [0.05, 0.1) is 7.11 Å². The fraction of sp³-hybridized carbons (Fsp3) is 0.200. The number of aromatic nitrogens is 1. The summed E-state index contributed by atoms with van der Waals surface area (Å²) in [6.07, 6.45) is 4.83. The number of carbonyl (C=O) groups excluding carboxylic acids is 2. The molecule has 0 saturated heterocycles. The summed E-state index contributed by atoms with van der Waals surface area (Å²) in [5, 5.41) is 2.46. The molecular weight excluding hydrogens is 256 g/mol. The van der Waals surface area contributed by atoms with E-state index in [9.17, 15) is 9.59 Å². The van der Waals surface area contributed by atoms with Crippen molar-refractivity contribution in [3.63, 3.8) is 0 Å². The molecule has 1 unspecified atom stereocenters. The minimum absolute atomic E-state index is 0.400. The zero-order valence-electron chi connectivity index (χ0n) is 11.2. The third-order valence-electron chi connectivity index (χ3n) is 3.03. The molecule has 0 radical (unpaired) electrons. The van der Waals surface area contributed by atoms with Crippen molar-refractivity contribution in [2.75, 3.05) is 7.11 Å². The quantitative estimate of drug-likeness (QED) is 0.637. The van der Waals surface area contributed by atoms with Gasteiger partial charge < -0.3 is 14.6 Å². The highest BCUT2D eigenvalue weighted by Gasteiger charge is 2.18. The second kappa shape index (κ2) is 6.56. The number of rotatable bonds is 6. The van der Waals surface area contributed by atoms with Crippen LogP contribution in [0, 0.1) is 0 Å². The Balaban J connectivity index is 2.09. The van der Waals surface area contributed by atoms with Gasteiger partial charge in [-0.3, -0.25) is 4.79 Å². The van der Waals surface area contributed by atoms with Crippen LogP contribution in [0.5, 0.6) is 0 Å². The number of esters is 1. The van der Waals surface area contributed by atoms with Crippen LogP contribution >= 0.6 is 0 Å². The van der Waals surface area contributed by atoms with Crippen LogP contribution < -0.4 is 5.32 Å². The molecule has 1 aromatic carbocycles. The van der Waals surface area contributed by atoms with Gasteiger partial charge in [0.15, 0.2) is 0 Å². The summed E-state index contributed by atoms with van der Waals surface area (Å²) in [7, 11) is 1.30. The number of methoxy groups -OCH3 is 1. The van der Waals surface area contributed by atoms with Gasteiger partial charge in [0.25, 0.3) is 0 Å². The predicted molar refractivity (Wildman–Crippen MR) is 74.5 cm³/mol. The molecule has 2 aromatic rings. The Labute approximate surface area is 117 Å². The summed E-state index contributed by atoms with van der Waals surface area (Å²) in [5.41, 5.74) is 1.99. The van der Waals surface area contributed by atoms with Crippen molar-refractivity contribution in [3.05, 3.63) is 54.4 Å². The number of carbonyl (C=O) groups is 2. The van der Waals surface area contributed by atoms with Crippen molar-refractivity contribution < 1.29 is 14.3 Å². The van der Waals surface area contributed by atoms with Crippen LogP contribution in [0.1, 0.15) is 5.56 Å². The number of amides is 1. The first-order valence-corrected chi connectivity index (χ1v) is 6.24. The normalized spacial score (nSPS) is 11.7. The highest BCUT2D eigenvalue weighted by molar-refractivity contribution is 5.78. The van der Waals surface area contributed by atoms with Crippen molar-refractivity contribution in [1.29, 1.82) is 0 Å². The second-order valence-corrected chi connectivity index (χ2v) is 4.32. The van der Waals surface area contributed by atoms with Crippen LogP contribution in [0.3, 0.4) is 0 Å². The van der Waals surface area contributed by atoms with E-state index in [1.807, 2.05) is 53.4 Å². The van der Waals surface area contributed by atoms with Gasteiger partial charge in [-0.15, -0.1) is 0 Å². The summed E-state index contributed by atoms with van der Waals surface area (Å²) in [6, 6.07) is 11.0. The first kappa shape index (κ1) is 13.9. The molecule has 0 aliphatic carbocycles. The molecule has 0 aliphatic heterocycles. The molecule has 20 heavy (non-hydrogen) atoms. The van der Waals surface area contributed by atoms with Crippen LogP contribution in [0.25, 0.3) is 5.69 Å². The molecule has 1 atom stereocenters. The fourth-order valence-corrected chi connectivity index (χ4v) is 1.98. The van der Waals surface area contributed by atoms with Gasteiger partial charge in [-0.25, -0.2) is 4.79 Å². The SMILES string of the molecule is COC(=O)C(Cc1ccc(-n2cccc2)cc1)NC=O. The molecule has 1 heterocycles. The zero-order chi connectivity index (χ0) is 14.4. The number of nitrogens with zero attached hydrogens (tertiary/aromatic N) is 1. The topological polar surface area (TPSA) is 60.3 Å². The highest BCUT2D eigenvalue weighted by Crippen LogP contribution is 2.11. The van der Waals surface area contributed by atoms with Gasteiger partial charge in [-0.05, 0) is 29.8 Å². The maximum absolute atomic E-state index is 11.5. The Morgan fingerprint density at radius 2 is 1.95 bits per heavy atom. The van der Waals surface area contributed by atoms with E-state index in [1.54, 1.807) is 0 Å². The average molecular weight is 272 g/mol. The average Bonchev–Trinajstić information content (AvgIpc) is 3.01. The van der Waals surface area contributed by atoms with Crippen molar-refractivity contribution in [2.45, 2.75) is 12.5 Å². The van der Waals surface area contributed by atoms with Crippen molar-refractivity contribution in [1.82, 2.24) is 9.88 Å². The van der Waals surface area contributed by atoms with Gasteiger partial charge in [0.1, 0.15) is 6.04 Å². The Kier molecular flexibility index (Phi) is 4.55. The summed E-state index contributed by atoms with van der Waals surface area (Å²) < 4.78 is 6.65. The van der Waals surface area contributed by atoms with E-state index in [0.717, 1.165) is 11.3 Å². The Morgan fingerprint density at radius 3 is 2.50 bits per heavy atom. The van der Waals surface area contributed by atoms with E-state index in [-0.39, 0.29) is 0 Å². The molecule has 5 heteroatoms. The van der Waals surface area contributed by atoms with Gasteiger partial charge in [-0.1, -0.05) is 12.1 Å². The molecule has 1 N–H and O–H groups in total.